The quantitative estimate of drug-likeness (QED) is 0.241. The van der Waals surface area contributed by atoms with E-state index in [1.165, 1.54) is 30.4 Å². The van der Waals surface area contributed by atoms with Crippen LogP contribution in [0.15, 0.2) is 66.7 Å². The predicted octanol–water partition coefficient (Wildman–Crippen LogP) is 8.71. The number of hydrogen-bond donors (Lipinski definition) is 1. The maximum atomic E-state index is 10.9. The van der Waals surface area contributed by atoms with Crippen molar-refractivity contribution in [1.82, 2.24) is 0 Å². The minimum atomic E-state index is -0.794. The Labute approximate surface area is 245 Å². The van der Waals surface area contributed by atoms with E-state index in [1.54, 1.807) is 0 Å². The molecule has 41 heavy (non-hydrogen) atoms. The average molecular weight is 559 g/mol. The Hall–Kier alpha value is -3.15. The molecule has 1 saturated heterocycles. The van der Waals surface area contributed by atoms with Crippen molar-refractivity contribution in [2.45, 2.75) is 91.5 Å². The maximum absolute atomic E-state index is 10.9. The van der Waals surface area contributed by atoms with Gasteiger partial charge in [-0.15, -0.1) is 0 Å². The Bertz CT molecular complexity index is 1280. The van der Waals surface area contributed by atoms with Crippen LogP contribution in [0.4, 0.5) is 0 Å². The fraction of sp³-hybridized carbons (Fsp3) is 0.472. The van der Waals surface area contributed by atoms with Crippen molar-refractivity contribution in [1.29, 1.82) is 0 Å². The molecule has 2 aliphatic rings. The smallest absolute Gasteiger partial charge is 0.303 e. The minimum absolute atomic E-state index is 0.112. The van der Waals surface area contributed by atoms with Crippen molar-refractivity contribution in [2.75, 3.05) is 13.2 Å². The summed E-state index contributed by atoms with van der Waals surface area (Å²) in [5.41, 5.74) is 6.95. The van der Waals surface area contributed by atoms with E-state index in [2.05, 4.69) is 63.2 Å². The van der Waals surface area contributed by atoms with Crippen LogP contribution in [0.25, 0.3) is 11.1 Å². The zero-order chi connectivity index (χ0) is 29.3. The fourth-order valence-electron chi connectivity index (χ4n) is 5.30. The van der Waals surface area contributed by atoms with Crippen molar-refractivity contribution in [3.63, 3.8) is 0 Å². The van der Waals surface area contributed by atoms with Crippen LogP contribution in [0.3, 0.4) is 0 Å². The monoisotopic (exact) mass is 558 g/mol. The highest BCUT2D eigenvalue weighted by Crippen LogP contribution is 2.37. The van der Waals surface area contributed by atoms with E-state index in [4.69, 9.17) is 19.3 Å². The summed E-state index contributed by atoms with van der Waals surface area (Å²) in [5.74, 6) is -0.745. The van der Waals surface area contributed by atoms with Gasteiger partial charge in [0.1, 0.15) is 12.4 Å². The zero-order valence-corrected chi connectivity index (χ0v) is 25.2. The van der Waals surface area contributed by atoms with E-state index >= 15 is 0 Å². The lowest BCUT2D eigenvalue weighted by Gasteiger charge is -2.27. The van der Waals surface area contributed by atoms with Crippen LogP contribution in [0.1, 0.15) is 88.5 Å². The molecule has 2 fully saturated rings. The molecule has 3 aromatic rings. The third-order valence-corrected chi connectivity index (χ3v) is 7.59. The van der Waals surface area contributed by atoms with Gasteiger partial charge in [-0.1, -0.05) is 95.0 Å². The topological polar surface area (TPSA) is 65.0 Å². The molecule has 0 aromatic heterocycles. The van der Waals surface area contributed by atoms with Gasteiger partial charge in [0.05, 0.1) is 13.2 Å². The number of carboxylic acid groups (broad SMARTS) is 1. The molecule has 0 spiro atoms. The van der Waals surface area contributed by atoms with Gasteiger partial charge in [-0.2, -0.15) is 0 Å². The van der Waals surface area contributed by atoms with E-state index in [0.29, 0.717) is 26.2 Å². The molecule has 1 saturated carbocycles. The predicted molar refractivity (Wildman–Crippen MR) is 164 cm³/mol. The molecule has 3 aromatic carbocycles. The number of aliphatic carboxylic acids is 1. The van der Waals surface area contributed by atoms with Crippen molar-refractivity contribution in [3.05, 3.63) is 89.0 Å². The van der Waals surface area contributed by atoms with E-state index in [-0.39, 0.29) is 11.8 Å². The number of ether oxygens (including phenoxy) is 3. The maximum Gasteiger partial charge on any atom is 0.303 e. The first-order chi connectivity index (χ1) is 19.7. The molecule has 0 unspecified atom stereocenters. The minimum Gasteiger partial charge on any atom is -0.489 e. The highest BCUT2D eigenvalue weighted by Gasteiger charge is 2.33. The van der Waals surface area contributed by atoms with Crippen LogP contribution >= 0.6 is 0 Å². The molecule has 5 nitrogen and oxygen atoms in total. The van der Waals surface area contributed by atoms with Crippen molar-refractivity contribution in [3.8, 4) is 16.9 Å². The van der Waals surface area contributed by atoms with Gasteiger partial charge in [-0.3, -0.25) is 4.79 Å². The summed E-state index contributed by atoms with van der Waals surface area (Å²) < 4.78 is 18.0. The Morgan fingerprint density at radius 3 is 2.37 bits per heavy atom. The third-order valence-electron chi connectivity index (χ3n) is 7.59. The summed E-state index contributed by atoms with van der Waals surface area (Å²) in [7, 11) is 0. The summed E-state index contributed by atoms with van der Waals surface area (Å²) >= 11 is 0. The summed E-state index contributed by atoms with van der Waals surface area (Å²) in [6.45, 7) is 10.6. The van der Waals surface area contributed by atoms with Gasteiger partial charge in [-0.05, 0) is 77.6 Å². The Balaban J connectivity index is 0.00000121. The summed E-state index contributed by atoms with van der Waals surface area (Å²) in [5, 5.41) is 8.98. The molecule has 1 N–H and O–H groups in total. The molecular weight excluding hydrogens is 512 g/mol. The lowest BCUT2D eigenvalue weighted by atomic mass is 9.79. The Morgan fingerprint density at radius 1 is 0.951 bits per heavy atom. The van der Waals surface area contributed by atoms with Gasteiger partial charge in [0.2, 0.25) is 0 Å². The highest BCUT2D eigenvalue weighted by atomic mass is 16.7. The number of aryl methyl sites for hydroxylation is 1. The molecule has 0 bridgehead atoms. The number of benzene rings is 3. The number of carboxylic acids is 1. The second kappa shape index (κ2) is 14.2. The average Bonchev–Trinajstić information content (AvgIpc) is 3.77. The molecule has 5 heteroatoms. The number of rotatable bonds is 12. The Kier molecular flexibility index (Phi) is 10.6. The largest absolute Gasteiger partial charge is 0.489 e. The summed E-state index contributed by atoms with van der Waals surface area (Å²) in [6, 6.07) is 22.8. The van der Waals surface area contributed by atoms with Crippen LogP contribution in [-0.2, 0) is 39.5 Å². The van der Waals surface area contributed by atoms with Crippen molar-refractivity contribution < 1.29 is 24.1 Å². The van der Waals surface area contributed by atoms with Gasteiger partial charge < -0.3 is 19.3 Å². The third kappa shape index (κ3) is 9.44. The van der Waals surface area contributed by atoms with E-state index < -0.39 is 11.8 Å². The first-order valence-electron chi connectivity index (χ1n) is 15.1. The van der Waals surface area contributed by atoms with E-state index in [1.807, 2.05) is 31.2 Å². The standard InChI is InChI=1S/C33H40O5.C3H6/c1-5-16-32(2,3)22-27-19-25(23-36-29-11-6-8-24(20-29)13-15-31(34)35)12-14-30(27)26-9-7-10-28(21-26)33(4)37-17-18-38-33;1-2-3-1/h6-12,14,19-21H,5,13,15-18,22-23H2,1-4H3,(H,34,35);1-3H2. The van der Waals surface area contributed by atoms with Gasteiger partial charge in [0, 0.05) is 12.0 Å². The van der Waals surface area contributed by atoms with E-state index in [0.717, 1.165) is 47.3 Å². The highest BCUT2D eigenvalue weighted by molar-refractivity contribution is 5.69. The van der Waals surface area contributed by atoms with Gasteiger partial charge >= 0.3 is 5.97 Å². The van der Waals surface area contributed by atoms with Crippen molar-refractivity contribution in [2.24, 2.45) is 5.41 Å². The zero-order valence-electron chi connectivity index (χ0n) is 25.2. The second-order valence-corrected chi connectivity index (χ2v) is 12.2. The molecule has 1 aliphatic heterocycles. The first kappa shape index (κ1) is 30.8. The molecule has 5 rings (SSSR count). The summed E-state index contributed by atoms with van der Waals surface area (Å²) in [6.07, 6.45) is 8.36. The molecule has 0 atom stereocenters. The van der Waals surface area contributed by atoms with Crippen LogP contribution in [0.5, 0.6) is 5.75 Å². The van der Waals surface area contributed by atoms with E-state index in [9.17, 15) is 4.79 Å². The lowest BCUT2D eigenvalue weighted by molar-refractivity contribution is -0.149. The molecule has 1 aliphatic carbocycles. The molecule has 1 heterocycles. The van der Waals surface area contributed by atoms with Crippen LogP contribution in [0.2, 0.25) is 0 Å². The first-order valence-corrected chi connectivity index (χ1v) is 15.1. The van der Waals surface area contributed by atoms with Gasteiger partial charge in [0.15, 0.2) is 5.79 Å². The van der Waals surface area contributed by atoms with Crippen LogP contribution < -0.4 is 4.74 Å². The molecular formula is C36H46O5. The van der Waals surface area contributed by atoms with Gasteiger partial charge in [0.25, 0.3) is 0 Å². The van der Waals surface area contributed by atoms with Crippen LogP contribution in [-0.4, -0.2) is 24.3 Å². The Morgan fingerprint density at radius 2 is 1.68 bits per heavy atom. The van der Waals surface area contributed by atoms with Crippen molar-refractivity contribution >= 4 is 5.97 Å². The molecule has 220 valence electrons. The normalized spacial score (nSPS) is 15.6. The number of carbonyl (C=O) groups is 1. The lowest BCUT2D eigenvalue weighted by Crippen LogP contribution is -2.22. The molecule has 0 amide bonds. The fourth-order valence-corrected chi connectivity index (χ4v) is 5.30. The van der Waals surface area contributed by atoms with Crippen LogP contribution in [0, 0.1) is 5.41 Å². The van der Waals surface area contributed by atoms with Gasteiger partial charge in [-0.25, -0.2) is 0 Å². The second-order valence-electron chi connectivity index (χ2n) is 12.2. The number of hydrogen-bond acceptors (Lipinski definition) is 4. The molecule has 0 radical (unpaired) electrons. The SMILES string of the molecule is C1CC1.CCCC(C)(C)Cc1cc(COc2cccc(CCC(=O)O)c2)ccc1-c1cccc(C2(C)OCCO2)c1. The summed E-state index contributed by atoms with van der Waals surface area (Å²) in [4.78, 5) is 10.9.